The molecule has 0 heterocycles. The average Bonchev–Trinajstić information content (AvgIpc) is 2.91. The minimum absolute atomic E-state index is 0.0218. The molecule has 0 saturated carbocycles. The molecule has 2 heteroatoms. The van der Waals surface area contributed by atoms with Crippen LogP contribution in [0.5, 0.6) is 0 Å². The van der Waals surface area contributed by atoms with E-state index in [1.165, 1.54) is 0 Å². The highest BCUT2D eigenvalue weighted by atomic mass is 16.3. The van der Waals surface area contributed by atoms with Gasteiger partial charge in [-0.3, -0.25) is 0 Å². The molecule has 0 atom stereocenters. The van der Waals surface area contributed by atoms with Crippen molar-refractivity contribution < 1.29 is 10.2 Å². The van der Waals surface area contributed by atoms with E-state index in [2.05, 4.69) is 35.5 Å². The second kappa shape index (κ2) is 11.4. The van der Waals surface area contributed by atoms with E-state index < -0.39 is 0 Å². The average molecular weight is 439 g/mol. The Morgan fingerprint density at radius 2 is 0.676 bits per heavy atom. The Labute approximate surface area is 200 Å². The molecular formula is C32H22O2. The minimum Gasteiger partial charge on any atom is -0.392 e. The zero-order chi connectivity index (χ0) is 23.6. The molecule has 0 aliphatic carbocycles. The standard InChI is InChI=1S/C32H22O2/c33-23-27-13-9-25(10-14-27)17-19-29-5-1-3-7-31(29)21-22-32-8-4-2-6-30(32)20-18-26-11-15-28(24-34)16-12-26/h1-16,33-34H,23-24H2. The van der Waals surface area contributed by atoms with E-state index in [9.17, 15) is 10.2 Å². The number of benzene rings is 4. The van der Waals surface area contributed by atoms with Crippen molar-refractivity contribution in [1.82, 2.24) is 0 Å². The van der Waals surface area contributed by atoms with Crippen molar-refractivity contribution in [1.29, 1.82) is 0 Å². The second-order valence-electron chi connectivity index (χ2n) is 7.55. The van der Waals surface area contributed by atoms with Crippen molar-refractivity contribution in [2.24, 2.45) is 0 Å². The predicted molar refractivity (Wildman–Crippen MR) is 136 cm³/mol. The van der Waals surface area contributed by atoms with Crippen LogP contribution in [0.1, 0.15) is 44.5 Å². The highest BCUT2D eigenvalue weighted by Crippen LogP contribution is 2.11. The fourth-order valence-electron chi connectivity index (χ4n) is 3.20. The first-order valence-corrected chi connectivity index (χ1v) is 10.9. The molecule has 0 amide bonds. The van der Waals surface area contributed by atoms with Crippen molar-refractivity contribution in [2.45, 2.75) is 13.2 Å². The van der Waals surface area contributed by atoms with Gasteiger partial charge in [0, 0.05) is 33.4 Å². The smallest absolute Gasteiger partial charge is 0.0681 e. The summed E-state index contributed by atoms with van der Waals surface area (Å²) in [6, 6.07) is 30.7. The molecule has 34 heavy (non-hydrogen) atoms. The van der Waals surface area contributed by atoms with Crippen LogP contribution in [0, 0.1) is 35.5 Å². The van der Waals surface area contributed by atoms with Gasteiger partial charge < -0.3 is 10.2 Å². The van der Waals surface area contributed by atoms with Crippen LogP contribution in [-0.4, -0.2) is 10.2 Å². The molecule has 0 unspecified atom stereocenters. The molecule has 0 spiro atoms. The van der Waals surface area contributed by atoms with Gasteiger partial charge in [-0.2, -0.15) is 0 Å². The molecule has 0 aromatic heterocycles. The number of hydrogen-bond acceptors (Lipinski definition) is 2. The largest absolute Gasteiger partial charge is 0.392 e. The fourth-order valence-corrected chi connectivity index (χ4v) is 3.20. The molecule has 4 aromatic rings. The summed E-state index contributed by atoms with van der Waals surface area (Å²) in [5.74, 6) is 19.3. The summed E-state index contributed by atoms with van der Waals surface area (Å²) in [6.07, 6.45) is 0. The molecule has 0 saturated heterocycles. The summed E-state index contributed by atoms with van der Waals surface area (Å²) in [5, 5.41) is 18.4. The first-order valence-electron chi connectivity index (χ1n) is 10.9. The summed E-state index contributed by atoms with van der Waals surface area (Å²) < 4.78 is 0. The van der Waals surface area contributed by atoms with E-state index in [1.807, 2.05) is 97.1 Å². The summed E-state index contributed by atoms with van der Waals surface area (Å²) in [6.45, 7) is 0.0436. The predicted octanol–water partition coefficient (Wildman–Crippen LogP) is 4.87. The third kappa shape index (κ3) is 6.04. The van der Waals surface area contributed by atoms with Gasteiger partial charge in [0.2, 0.25) is 0 Å². The maximum absolute atomic E-state index is 9.19. The van der Waals surface area contributed by atoms with Crippen LogP contribution in [-0.2, 0) is 13.2 Å². The molecule has 0 radical (unpaired) electrons. The highest BCUT2D eigenvalue weighted by Gasteiger charge is 1.98. The Bertz CT molecular complexity index is 1350. The first-order chi connectivity index (χ1) is 16.7. The minimum atomic E-state index is 0.0218. The van der Waals surface area contributed by atoms with E-state index >= 15 is 0 Å². The lowest BCUT2D eigenvalue weighted by atomic mass is 10.0. The van der Waals surface area contributed by atoms with Crippen LogP contribution in [0.2, 0.25) is 0 Å². The normalized spacial score (nSPS) is 9.59. The molecule has 0 fully saturated rings. The molecule has 0 aliphatic heterocycles. The number of aliphatic hydroxyl groups excluding tert-OH is 2. The van der Waals surface area contributed by atoms with Crippen molar-refractivity contribution in [3.05, 3.63) is 142 Å². The van der Waals surface area contributed by atoms with Crippen LogP contribution in [0.4, 0.5) is 0 Å². The maximum atomic E-state index is 9.19. The van der Waals surface area contributed by atoms with Gasteiger partial charge >= 0.3 is 0 Å². The maximum Gasteiger partial charge on any atom is 0.0681 e. The van der Waals surface area contributed by atoms with Gasteiger partial charge in [-0.25, -0.2) is 0 Å². The summed E-state index contributed by atoms with van der Waals surface area (Å²) in [7, 11) is 0. The third-order valence-corrected chi connectivity index (χ3v) is 5.14. The SMILES string of the molecule is OCc1ccc(C#Cc2ccccc2C#Cc2ccccc2C#Cc2ccc(CO)cc2)cc1. The van der Waals surface area contributed by atoms with Crippen molar-refractivity contribution >= 4 is 0 Å². The monoisotopic (exact) mass is 438 g/mol. The Kier molecular flexibility index (Phi) is 7.58. The van der Waals surface area contributed by atoms with Crippen LogP contribution in [0.3, 0.4) is 0 Å². The van der Waals surface area contributed by atoms with Crippen LogP contribution in [0.25, 0.3) is 0 Å². The molecule has 4 aromatic carbocycles. The van der Waals surface area contributed by atoms with E-state index in [0.29, 0.717) is 0 Å². The van der Waals surface area contributed by atoms with Crippen LogP contribution >= 0.6 is 0 Å². The summed E-state index contributed by atoms with van der Waals surface area (Å²) in [4.78, 5) is 0. The van der Waals surface area contributed by atoms with Gasteiger partial charge in [0.25, 0.3) is 0 Å². The Morgan fingerprint density at radius 3 is 0.971 bits per heavy atom. The lowest BCUT2D eigenvalue weighted by Crippen LogP contribution is -1.86. The molecule has 162 valence electrons. The van der Waals surface area contributed by atoms with Gasteiger partial charge in [0.15, 0.2) is 0 Å². The first kappa shape index (κ1) is 22.7. The van der Waals surface area contributed by atoms with E-state index in [4.69, 9.17) is 0 Å². The van der Waals surface area contributed by atoms with Gasteiger partial charge in [0.1, 0.15) is 0 Å². The van der Waals surface area contributed by atoms with Gasteiger partial charge in [0.05, 0.1) is 13.2 Å². The number of hydrogen-bond donors (Lipinski definition) is 2. The molecule has 2 nitrogen and oxygen atoms in total. The van der Waals surface area contributed by atoms with Crippen molar-refractivity contribution in [3.8, 4) is 35.5 Å². The third-order valence-electron chi connectivity index (χ3n) is 5.14. The van der Waals surface area contributed by atoms with Crippen LogP contribution < -0.4 is 0 Å². The van der Waals surface area contributed by atoms with Crippen LogP contribution in [0.15, 0.2) is 97.1 Å². The fraction of sp³-hybridized carbons (Fsp3) is 0.0625. The van der Waals surface area contributed by atoms with Gasteiger partial charge in [-0.1, -0.05) is 84.1 Å². The number of aliphatic hydroxyl groups is 2. The topological polar surface area (TPSA) is 40.5 Å². The van der Waals surface area contributed by atoms with E-state index in [-0.39, 0.29) is 13.2 Å². The van der Waals surface area contributed by atoms with E-state index in [1.54, 1.807) is 0 Å². The summed E-state index contributed by atoms with van der Waals surface area (Å²) >= 11 is 0. The zero-order valence-electron chi connectivity index (χ0n) is 18.5. The quantitative estimate of drug-likeness (QED) is 0.439. The molecular weight excluding hydrogens is 416 g/mol. The molecule has 0 aliphatic rings. The Morgan fingerprint density at radius 1 is 0.382 bits per heavy atom. The molecule has 2 N–H and O–H groups in total. The van der Waals surface area contributed by atoms with Crippen molar-refractivity contribution in [3.63, 3.8) is 0 Å². The van der Waals surface area contributed by atoms with E-state index in [0.717, 1.165) is 44.5 Å². The zero-order valence-corrected chi connectivity index (χ0v) is 18.5. The molecule has 0 bridgehead atoms. The second-order valence-corrected chi connectivity index (χ2v) is 7.55. The lowest BCUT2D eigenvalue weighted by molar-refractivity contribution is 0.281. The van der Waals surface area contributed by atoms with Gasteiger partial charge in [-0.05, 0) is 59.7 Å². The Hall–Kier alpha value is -4.52. The summed E-state index contributed by atoms with van der Waals surface area (Å²) in [5.41, 5.74) is 6.90. The lowest BCUT2D eigenvalue weighted by Gasteiger charge is -1.98. The highest BCUT2D eigenvalue weighted by molar-refractivity contribution is 5.58. The van der Waals surface area contributed by atoms with Crippen molar-refractivity contribution in [2.75, 3.05) is 0 Å². The Balaban J connectivity index is 1.60. The number of rotatable bonds is 2. The molecule has 4 rings (SSSR count). The van der Waals surface area contributed by atoms with Gasteiger partial charge in [-0.15, -0.1) is 0 Å².